The number of benzene rings is 1. The van der Waals surface area contributed by atoms with Crippen molar-refractivity contribution in [1.82, 2.24) is 19.4 Å². The highest BCUT2D eigenvalue weighted by molar-refractivity contribution is 6.06. The molecule has 0 radical (unpaired) electrons. The number of aromatic nitrogens is 2. The third-order valence-electron chi connectivity index (χ3n) is 6.07. The zero-order valence-electron chi connectivity index (χ0n) is 17.3. The average Bonchev–Trinajstić information content (AvgIpc) is 3.18. The van der Waals surface area contributed by atoms with Crippen LogP contribution in [0.2, 0.25) is 0 Å². The number of nitrogens with zero attached hydrogens (tertiary/aromatic N) is 5. The van der Waals surface area contributed by atoms with Crippen molar-refractivity contribution >= 4 is 17.5 Å². The highest BCUT2D eigenvalue weighted by Gasteiger charge is 2.32. The van der Waals surface area contributed by atoms with E-state index >= 15 is 0 Å². The van der Waals surface area contributed by atoms with E-state index in [1.165, 1.54) is 0 Å². The van der Waals surface area contributed by atoms with Gasteiger partial charge in [-0.1, -0.05) is 25.1 Å². The van der Waals surface area contributed by atoms with Gasteiger partial charge in [-0.05, 0) is 37.9 Å². The van der Waals surface area contributed by atoms with E-state index in [0.717, 1.165) is 56.8 Å². The first-order valence-electron chi connectivity index (χ1n) is 10.5. The number of amides is 2. The first-order valence-corrected chi connectivity index (χ1v) is 10.5. The maximum absolute atomic E-state index is 13.2. The van der Waals surface area contributed by atoms with Gasteiger partial charge in [-0.25, -0.2) is 4.98 Å². The van der Waals surface area contributed by atoms with Crippen molar-refractivity contribution < 1.29 is 9.59 Å². The molecule has 2 aliphatic rings. The summed E-state index contributed by atoms with van der Waals surface area (Å²) in [7, 11) is 1.76. The van der Waals surface area contributed by atoms with Crippen molar-refractivity contribution in [2.45, 2.75) is 32.7 Å². The van der Waals surface area contributed by atoms with Gasteiger partial charge in [-0.15, -0.1) is 0 Å². The zero-order valence-corrected chi connectivity index (χ0v) is 17.3. The van der Waals surface area contributed by atoms with Gasteiger partial charge in [0, 0.05) is 45.5 Å². The van der Waals surface area contributed by atoms with E-state index in [0.29, 0.717) is 24.6 Å². The second-order valence-electron chi connectivity index (χ2n) is 7.77. The largest absolute Gasteiger partial charge is 0.333 e. The first-order chi connectivity index (χ1) is 14.1. The molecule has 2 aliphatic heterocycles. The van der Waals surface area contributed by atoms with Gasteiger partial charge < -0.3 is 19.3 Å². The second-order valence-corrected chi connectivity index (χ2v) is 7.77. The van der Waals surface area contributed by atoms with Crippen LogP contribution in [-0.2, 0) is 13.0 Å². The second kappa shape index (κ2) is 8.37. The van der Waals surface area contributed by atoms with E-state index in [1.54, 1.807) is 11.9 Å². The Morgan fingerprint density at radius 3 is 2.45 bits per heavy atom. The summed E-state index contributed by atoms with van der Waals surface area (Å²) in [6.07, 6.45) is 2.81. The molecule has 0 saturated carbocycles. The van der Waals surface area contributed by atoms with Crippen LogP contribution in [0.1, 0.15) is 46.6 Å². The predicted molar refractivity (Wildman–Crippen MR) is 112 cm³/mol. The minimum Gasteiger partial charge on any atom is -0.333 e. The molecule has 4 rings (SSSR count). The Kier molecular flexibility index (Phi) is 5.67. The summed E-state index contributed by atoms with van der Waals surface area (Å²) >= 11 is 0. The summed E-state index contributed by atoms with van der Waals surface area (Å²) in [6, 6.07) is 9.55. The van der Waals surface area contributed by atoms with Crippen LogP contribution in [0, 0.1) is 0 Å². The monoisotopic (exact) mass is 395 g/mol. The lowest BCUT2D eigenvalue weighted by Crippen LogP contribution is -2.49. The molecule has 2 amide bonds. The number of carbonyl (C=O) groups is 2. The van der Waals surface area contributed by atoms with Crippen molar-refractivity contribution in [3.05, 3.63) is 47.5 Å². The fraction of sp³-hybridized carbons (Fsp3) is 0.500. The minimum atomic E-state index is -0.156. The number of likely N-dealkylation sites (N-methyl/N-ethyl adjacent to an activating group) is 1. The number of hydrogen-bond acceptors (Lipinski definition) is 4. The van der Waals surface area contributed by atoms with Crippen LogP contribution in [0.5, 0.6) is 0 Å². The van der Waals surface area contributed by atoms with E-state index < -0.39 is 0 Å². The topological polar surface area (TPSA) is 61.7 Å². The Morgan fingerprint density at radius 1 is 1.03 bits per heavy atom. The molecule has 0 unspecified atom stereocenters. The van der Waals surface area contributed by atoms with Crippen molar-refractivity contribution in [2.24, 2.45) is 0 Å². The van der Waals surface area contributed by atoms with E-state index in [2.05, 4.69) is 16.8 Å². The lowest BCUT2D eigenvalue weighted by atomic mass is 10.1. The number of anilines is 1. The van der Waals surface area contributed by atoms with Crippen LogP contribution in [0.3, 0.4) is 0 Å². The van der Waals surface area contributed by atoms with Crippen LogP contribution in [0.4, 0.5) is 5.69 Å². The average molecular weight is 396 g/mol. The number of imidazole rings is 1. The molecule has 0 N–H and O–H groups in total. The first kappa shape index (κ1) is 19.6. The van der Waals surface area contributed by atoms with Gasteiger partial charge in [-0.2, -0.15) is 0 Å². The van der Waals surface area contributed by atoms with E-state index in [9.17, 15) is 9.59 Å². The third kappa shape index (κ3) is 3.79. The van der Waals surface area contributed by atoms with Crippen LogP contribution in [-0.4, -0.2) is 70.9 Å². The molecule has 29 heavy (non-hydrogen) atoms. The summed E-state index contributed by atoms with van der Waals surface area (Å²) in [5.41, 5.74) is 2.14. The van der Waals surface area contributed by atoms with Gasteiger partial charge >= 0.3 is 0 Å². The van der Waals surface area contributed by atoms with E-state index in [1.807, 2.05) is 39.8 Å². The highest BCUT2D eigenvalue weighted by Crippen LogP contribution is 2.25. The third-order valence-corrected chi connectivity index (χ3v) is 6.07. The standard InChI is InChI=1S/C22H29N5O2/c1-3-25-13-15-26(16-14-25)22(29)20-23-19(18-11-7-8-12-27(18)20)21(28)24(2)17-9-5-4-6-10-17/h4-6,9-10H,3,7-8,11-16H2,1-2H3. The van der Waals surface area contributed by atoms with Gasteiger partial charge in [0.2, 0.25) is 0 Å². The molecule has 0 spiro atoms. The van der Waals surface area contributed by atoms with Gasteiger partial charge in [0.25, 0.3) is 11.8 Å². The molecule has 1 aromatic carbocycles. The van der Waals surface area contributed by atoms with Gasteiger partial charge in [-0.3, -0.25) is 9.59 Å². The highest BCUT2D eigenvalue weighted by atomic mass is 16.2. The SMILES string of the molecule is CCN1CCN(C(=O)c2nc(C(=O)N(C)c3ccccc3)c3n2CCCC3)CC1. The molecule has 2 aromatic rings. The molecule has 1 saturated heterocycles. The fourth-order valence-corrected chi connectivity index (χ4v) is 4.21. The molecular formula is C22H29N5O2. The Labute approximate surface area is 171 Å². The number of fused-ring (bicyclic) bond motifs is 1. The quantitative estimate of drug-likeness (QED) is 0.797. The van der Waals surface area contributed by atoms with Crippen molar-refractivity contribution in [3.63, 3.8) is 0 Å². The molecule has 3 heterocycles. The Balaban J connectivity index is 1.62. The van der Waals surface area contributed by atoms with Gasteiger partial charge in [0.1, 0.15) is 0 Å². The number of piperazine rings is 1. The molecule has 1 aromatic heterocycles. The summed E-state index contributed by atoms with van der Waals surface area (Å²) in [6.45, 7) is 7.09. The van der Waals surface area contributed by atoms with Crippen LogP contribution in [0.25, 0.3) is 0 Å². The summed E-state index contributed by atoms with van der Waals surface area (Å²) in [5.74, 6) is 0.219. The van der Waals surface area contributed by atoms with Crippen molar-refractivity contribution in [1.29, 1.82) is 0 Å². The number of hydrogen-bond donors (Lipinski definition) is 0. The maximum atomic E-state index is 13.2. The number of para-hydroxylation sites is 1. The summed E-state index contributed by atoms with van der Waals surface area (Å²) in [5, 5.41) is 0. The van der Waals surface area contributed by atoms with Crippen LogP contribution >= 0.6 is 0 Å². The lowest BCUT2D eigenvalue weighted by Gasteiger charge is -2.34. The fourth-order valence-electron chi connectivity index (χ4n) is 4.21. The zero-order chi connectivity index (χ0) is 20.4. The van der Waals surface area contributed by atoms with Crippen molar-refractivity contribution in [2.75, 3.05) is 44.7 Å². The molecule has 0 aliphatic carbocycles. The normalized spacial score (nSPS) is 17.1. The van der Waals surface area contributed by atoms with Gasteiger partial charge in [0.05, 0.1) is 5.69 Å². The Morgan fingerprint density at radius 2 is 1.76 bits per heavy atom. The molecular weight excluding hydrogens is 366 g/mol. The van der Waals surface area contributed by atoms with Crippen LogP contribution in [0.15, 0.2) is 30.3 Å². The number of carbonyl (C=O) groups excluding carboxylic acids is 2. The van der Waals surface area contributed by atoms with E-state index in [-0.39, 0.29) is 11.8 Å². The Bertz CT molecular complexity index is 884. The smallest absolute Gasteiger partial charge is 0.289 e. The van der Waals surface area contributed by atoms with Crippen molar-refractivity contribution in [3.8, 4) is 0 Å². The number of rotatable bonds is 4. The predicted octanol–water partition coefficient (Wildman–Crippen LogP) is 2.27. The maximum Gasteiger partial charge on any atom is 0.289 e. The Hall–Kier alpha value is -2.67. The molecule has 0 atom stereocenters. The minimum absolute atomic E-state index is 0.0506. The summed E-state index contributed by atoms with van der Waals surface area (Å²) < 4.78 is 1.99. The van der Waals surface area contributed by atoms with Gasteiger partial charge in [0.15, 0.2) is 11.5 Å². The molecule has 7 heteroatoms. The molecule has 0 bridgehead atoms. The molecule has 154 valence electrons. The van der Waals surface area contributed by atoms with E-state index in [4.69, 9.17) is 0 Å². The molecule has 1 fully saturated rings. The van der Waals surface area contributed by atoms with Crippen LogP contribution < -0.4 is 4.90 Å². The lowest BCUT2D eigenvalue weighted by molar-refractivity contribution is 0.0625. The summed E-state index contributed by atoms with van der Waals surface area (Å²) in [4.78, 5) is 36.9. The molecule has 7 nitrogen and oxygen atoms in total.